The Kier molecular flexibility index (Phi) is 6.68. The molecule has 0 fully saturated rings. The molecule has 0 heterocycles. The first-order valence-electron chi connectivity index (χ1n) is 6.60. The molecule has 1 atom stereocenters. The second kappa shape index (κ2) is 7.78. The van der Waals surface area contributed by atoms with Crippen molar-refractivity contribution >= 4 is 11.8 Å². The Morgan fingerprint density at radius 1 is 1.24 bits per heavy atom. The van der Waals surface area contributed by atoms with Gasteiger partial charge < -0.3 is 5.32 Å². The minimum atomic E-state index is 0.648. The molecule has 96 valence electrons. The summed E-state index contributed by atoms with van der Waals surface area (Å²) >= 11 is 1.99. The lowest BCUT2D eigenvalue weighted by Gasteiger charge is -2.17. The summed E-state index contributed by atoms with van der Waals surface area (Å²) in [5, 5.41) is 3.57. The molecule has 0 aromatic heterocycles. The fourth-order valence-corrected chi connectivity index (χ4v) is 3.16. The van der Waals surface area contributed by atoms with Crippen molar-refractivity contribution in [2.75, 3.05) is 12.3 Å². The first-order chi connectivity index (χ1) is 8.17. The van der Waals surface area contributed by atoms with Crippen LogP contribution in [0, 0.1) is 13.8 Å². The molecule has 0 radical (unpaired) electrons. The van der Waals surface area contributed by atoms with E-state index in [2.05, 4.69) is 51.2 Å². The molecule has 17 heavy (non-hydrogen) atoms. The average Bonchev–Trinajstić information content (AvgIpc) is 2.30. The van der Waals surface area contributed by atoms with Gasteiger partial charge in [-0.15, -0.1) is 11.8 Å². The monoisotopic (exact) mass is 251 g/mol. The van der Waals surface area contributed by atoms with Crippen LogP contribution in [0.5, 0.6) is 0 Å². The average molecular weight is 251 g/mol. The molecule has 0 aliphatic heterocycles. The van der Waals surface area contributed by atoms with Crippen molar-refractivity contribution in [3.63, 3.8) is 0 Å². The van der Waals surface area contributed by atoms with Gasteiger partial charge in [-0.2, -0.15) is 0 Å². The quantitative estimate of drug-likeness (QED) is 0.730. The molecule has 0 aliphatic rings. The predicted molar refractivity (Wildman–Crippen MR) is 79.0 cm³/mol. The summed E-state index contributed by atoms with van der Waals surface area (Å²) in [6.45, 7) is 9.87. The highest BCUT2D eigenvalue weighted by Crippen LogP contribution is 2.24. The molecule has 0 saturated carbocycles. The van der Waals surface area contributed by atoms with Crippen molar-refractivity contribution in [2.24, 2.45) is 0 Å². The van der Waals surface area contributed by atoms with Gasteiger partial charge in [0.25, 0.3) is 0 Å². The lowest BCUT2D eigenvalue weighted by atomic mass is 10.2. The Morgan fingerprint density at radius 2 is 2.00 bits per heavy atom. The standard InChI is InChI=1S/C15H25NS/c1-5-7-14(16-6-2)11-17-15-10-12(3)8-9-13(15)4/h8-10,14,16H,5-7,11H2,1-4H3. The zero-order valence-corrected chi connectivity index (χ0v) is 12.4. The van der Waals surface area contributed by atoms with Crippen molar-refractivity contribution in [3.8, 4) is 0 Å². The van der Waals surface area contributed by atoms with Crippen molar-refractivity contribution in [1.82, 2.24) is 5.32 Å². The first-order valence-corrected chi connectivity index (χ1v) is 7.59. The summed E-state index contributed by atoms with van der Waals surface area (Å²) in [6.07, 6.45) is 2.52. The van der Waals surface area contributed by atoms with Gasteiger partial charge in [0.05, 0.1) is 0 Å². The maximum absolute atomic E-state index is 3.57. The van der Waals surface area contributed by atoms with Crippen LogP contribution in [-0.4, -0.2) is 18.3 Å². The lowest BCUT2D eigenvalue weighted by molar-refractivity contribution is 0.531. The van der Waals surface area contributed by atoms with E-state index in [1.54, 1.807) is 0 Å². The van der Waals surface area contributed by atoms with Crippen LogP contribution in [-0.2, 0) is 0 Å². The summed E-state index contributed by atoms with van der Waals surface area (Å²) in [5.41, 5.74) is 2.75. The third kappa shape index (κ3) is 5.13. The molecule has 1 unspecified atom stereocenters. The van der Waals surface area contributed by atoms with Crippen LogP contribution in [0.2, 0.25) is 0 Å². The van der Waals surface area contributed by atoms with E-state index in [9.17, 15) is 0 Å². The third-order valence-electron chi connectivity index (χ3n) is 2.91. The van der Waals surface area contributed by atoms with Crippen LogP contribution in [0.3, 0.4) is 0 Å². The highest BCUT2D eigenvalue weighted by Gasteiger charge is 2.08. The SMILES string of the molecule is CCCC(CSc1cc(C)ccc1C)NCC. The third-order valence-corrected chi connectivity index (χ3v) is 4.23. The van der Waals surface area contributed by atoms with E-state index in [4.69, 9.17) is 0 Å². The number of aryl methyl sites for hydroxylation is 2. The fraction of sp³-hybridized carbons (Fsp3) is 0.600. The molecule has 0 spiro atoms. The molecular formula is C15H25NS. The molecule has 0 amide bonds. The van der Waals surface area contributed by atoms with E-state index in [0.717, 1.165) is 6.54 Å². The number of hydrogen-bond acceptors (Lipinski definition) is 2. The molecule has 1 rings (SSSR count). The zero-order chi connectivity index (χ0) is 12.7. The molecule has 1 aromatic rings. The lowest BCUT2D eigenvalue weighted by Crippen LogP contribution is -2.30. The van der Waals surface area contributed by atoms with Crippen molar-refractivity contribution in [1.29, 1.82) is 0 Å². The van der Waals surface area contributed by atoms with Crippen molar-refractivity contribution in [3.05, 3.63) is 29.3 Å². The van der Waals surface area contributed by atoms with Gasteiger partial charge in [-0.05, 0) is 38.4 Å². The van der Waals surface area contributed by atoms with Gasteiger partial charge in [0.2, 0.25) is 0 Å². The summed E-state index contributed by atoms with van der Waals surface area (Å²) in [5.74, 6) is 1.17. The summed E-state index contributed by atoms with van der Waals surface area (Å²) in [6, 6.07) is 7.36. The van der Waals surface area contributed by atoms with Gasteiger partial charge in [-0.1, -0.05) is 38.0 Å². The smallest absolute Gasteiger partial charge is 0.0161 e. The Bertz CT molecular complexity index is 330. The number of nitrogens with one attached hydrogen (secondary N) is 1. The molecule has 1 N–H and O–H groups in total. The highest BCUT2D eigenvalue weighted by molar-refractivity contribution is 7.99. The van der Waals surface area contributed by atoms with E-state index in [1.165, 1.54) is 34.6 Å². The Labute approximate surface area is 110 Å². The van der Waals surface area contributed by atoms with E-state index in [-0.39, 0.29) is 0 Å². The van der Waals surface area contributed by atoms with Gasteiger partial charge in [0.1, 0.15) is 0 Å². The van der Waals surface area contributed by atoms with E-state index >= 15 is 0 Å². The van der Waals surface area contributed by atoms with Crippen LogP contribution < -0.4 is 5.32 Å². The Balaban J connectivity index is 2.55. The van der Waals surface area contributed by atoms with Crippen LogP contribution in [0.4, 0.5) is 0 Å². The number of rotatable bonds is 7. The predicted octanol–water partition coefficient (Wildman–Crippen LogP) is 4.17. The number of benzene rings is 1. The molecule has 1 aromatic carbocycles. The maximum atomic E-state index is 3.57. The Morgan fingerprint density at radius 3 is 2.65 bits per heavy atom. The van der Waals surface area contributed by atoms with Crippen LogP contribution in [0.25, 0.3) is 0 Å². The van der Waals surface area contributed by atoms with Crippen LogP contribution >= 0.6 is 11.8 Å². The molecular weight excluding hydrogens is 226 g/mol. The highest BCUT2D eigenvalue weighted by atomic mass is 32.2. The minimum Gasteiger partial charge on any atom is -0.313 e. The van der Waals surface area contributed by atoms with Gasteiger partial charge in [0.15, 0.2) is 0 Å². The van der Waals surface area contributed by atoms with Gasteiger partial charge in [0, 0.05) is 16.7 Å². The maximum Gasteiger partial charge on any atom is 0.0161 e. The topological polar surface area (TPSA) is 12.0 Å². The van der Waals surface area contributed by atoms with Gasteiger partial charge >= 0.3 is 0 Å². The van der Waals surface area contributed by atoms with Crippen LogP contribution in [0.1, 0.15) is 37.8 Å². The number of thioether (sulfide) groups is 1. The summed E-state index contributed by atoms with van der Waals surface area (Å²) in [7, 11) is 0. The first kappa shape index (κ1) is 14.6. The van der Waals surface area contributed by atoms with E-state index < -0.39 is 0 Å². The molecule has 0 aliphatic carbocycles. The van der Waals surface area contributed by atoms with Crippen LogP contribution in [0.15, 0.2) is 23.1 Å². The summed E-state index contributed by atoms with van der Waals surface area (Å²) in [4.78, 5) is 1.43. The zero-order valence-electron chi connectivity index (χ0n) is 11.5. The van der Waals surface area contributed by atoms with E-state index in [0.29, 0.717) is 6.04 Å². The molecule has 2 heteroatoms. The van der Waals surface area contributed by atoms with Crippen molar-refractivity contribution in [2.45, 2.75) is 51.5 Å². The van der Waals surface area contributed by atoms with E-state index in [1.807, 2.05) is 11.8 Å². The second-order valence-corrected chi connectivity index (χ2v) is 5.69. The normalized spacial score (nSPS) is 12.7. The van der Waals surface area contributed by atoms with Gasteiger partial charge in [-0.25, -0.2) is 0 Å². The Hall–Kier alpha value is -0.470. The minimum absolute atomic E-state index is 0.648. The summed E-state index contributed by atoms with van der Waals surface area (Å²) < 4.78 is 0. The van der Waals surface area contributed by atoms with Gasteiger partial charge in [-0.3, -0.25) is 0 Å². The largest absolute Gasteiger partial charge is 0.313 e. The fourth-order valence-electron chi connectivity index (χ4n) is 1.93. The molecule has 0 saturated heterocycles. The molecule has 1 nitrogen and oxygen atoms in total. The molecule has 0 bridgehead atoms. The second-order valence-electron chi connectivity index (χ2n) is 4.62. The number of hydrogen-bond donors (Lipinski definition) is 1. The van der Waals surface area contributed by atoms with Crippen molar-refractivity contribution < 1.29 is 0 Å².